The molecule has 0 radical (unpaired) electrons. The Hall–Kier alpha value is -0.830. The molecule has 0 aromatic heterocycles. The van der Waals surface area contributed by atoms with Gasteiger partial charge in [0.1, 0.15) is 0 Å². The van der Waals surface area contributed by atoms with Gasteiger partial charge in [0.15, 0.2) is 0 Å². The summed E-state index contributed by atoms with van der Waals surface area (Å²) in [6.07, 6.45) is 7.25. The SMILES string of the molecule is CCCC/C=C\[C@H](C)C(=O)OCC(C)(C)CO. The van der Waals surface area contributed by atoms with Crippen molar-refractivity contribution in [3.63, 3.8) is 0 Å². The number of aliphatic hydroxyl groups is 1. The van der Waals surface area contributed by atoms with E-state index in [1.807, 2.05) is 32.9 Å². The molecule has 0 aromatic rings. The van der Waals surface area contributed by atoms with Crippen LogP contribution >= 0.6 is 0 Å². The van der Waals surface area contributed by atoms with Gasteiger partial charge < -0.3 is 9.84 Å². The summed E-state index contributed by atoms with van der Waals surface area (Å²) in [6, 6.07) is 0. The van der Waals surface area contributed by atoms with E-state index in [9.17, 15) is 4.79 Å². The van der Waals surface area contributed by atoms with E-state index in [4.69, 9.17) is 9.84 Å². The number of unbranched alkanes of at least 4 members (excludes halogenated alkanes) is 2. The molecule has 0 aromatic carbocycles. The molecule has 0 spiro atoms. The first-order valence-corrected chi connectivity index (χ1v) is 6.37. The van der Waals surface area contributed by atoms with Crippen molar-refractivity contribution in [2.75, 3.05) is 13.2 Å². The number of hydrogen-bond donors (Lipinski definition) is 1. The monoisotopic (exact) mass is 242 g/mol. The first-order chi connectivity index (χ1) is 7.93. The van der Waals surface area contributed by atoms with Gasteiger partial charge in [-0.25, -0.2) is 0 Å². The lowest BCUT2D eigenvalue weighted by Gasteiger charge is -2.21. The molecule has 0 aliphatic heterocycles. The summed E-state index contributed by atoms with van der Waals surface area (Å²) in [6.45, 7) is 7.97. The van der Waals surface area contributed by atoms with Gasteiger partial charge >= 0.3 is 5.97 Å². The van der Waals surface area contributed by atoms with E-state index >= 15 is 0 Å². The zero-order valence-electron chi connectivity index (χ0n) is 11.5. The Kier molecular flexibility index (Phi) is 7.88. The van der Waals surface area contributed by atoms with Crippen molar-refractivity contribution in [1.82, 2.24) is 0 Å². The van der Waals surface area contributed by atoms with E-state index in [0.29, 0.717) is 0 Å². The van der Waals surface area contributed by atoms with Crippen LogP contribution in [0.15, 0.2) is 12.2 Å². The first kappa shape index (κ1) is 16.2. The summed E-state index contributed by atoms with van der Waals surface area (Å²) in [5.74, 6) is -0.430. The summed E-state index contributed by atoms with van der Waals surface area (Å²) in [4.78, 5) is 11.6. The standard InChI is InChI=1S/C14H26O3/c1-5-6-7-8-9-12(2)13(16)17-11-14(3,4)10-15/h8-9,12,15H,5-7,10-11H2,1-4H3/b9-8-/t12-/m0/s1. The van der Waals surface area contributed by atoms with Crippen molar-refractivity contribution in [3.05, 3.63) is 12.2 Å². The zero-order chi connectivity index (χ0) is 13.3. The van der Waals surface area contributed by atoms with Crippen LogP contribution in [-0.2, 0) is 9.53 Å². The van der Waals surface area contributed by atoms with Gasteiger partial charge in [0.2, 0.25) is 0 Å². The molecule has 3 nitrogen and oxygen atoms in total. The Morgan fingerprint density at radius 3 is 2.65 bits per heavy atom. The summed E-state index contributed by atoms with van der Waals surface area (Å²) in [7, 11) is 0. The van der Waals surface area contributed by atoms with Gasteiger partial charge in [-0.2, -0.15) is 0 Å². The molecule has 0 saturated heterocycles. The van der Waals surface area contributed by atoms with E-state index in [0.717, 1.165) is 19.3 Å². The maximum absolute atomic E-state index is 11.6. The molecule has 0 unspecified atom stereocenters. The minimum absolute atomic E-state index is 0.0149. The van der Waals surface area contributed by atoms with E-state index in [-0.39, 0.29) is 30.5 Å². The summed E-state index contributed by atoms with van der Waals surface area (Å²) < 4.78 is 5.17. The minimum Gasteiger partial charge on any atom is -0.465 e. The third-order valence-corrected chi connectivity index (χ3v) is 2.55. The fourth-order valence-electron chi connectivity index (χ4n) is 1.14. The van der Waals surface area contributed by atoms with Gasteiger partial charge in [0.25, 0.3) is 0 Å². The number of ether oxygens (including phenoxy) is 1. The van der Waals surface area contributed by atoms with Gasteiger partial charge in [0.05, 0.1) is 19.1 Å². The van der Waals surface area contributed by atoms with Crippen LogP contribution in [0.4, 0.5) is 0 Å². The Morgan fingerprint density at radius 2 is 2.12 bits per heavy atom. The van der Waals surface area contributed by atoms with Crippen LogP contribution in [0.2, 0.25) is 0 Å². The van der Waals surface area contributed by atoms with Crippen molar-refractivity contribution in [3.8, 4) is 0 Å². The second-order valence-corrected chi connectivity index (χ2v) is 5.29. The number of rotatable bonds is 8. The smallest absolute Gasteiger partial charge is 0.312 e. The first-order valence-electron chi connectivity index (χ1n) is 6.37. The van der Waals surface area contributed by atoms with E-state index in [1.54, 1.807) is 0 Å². The lowest BCUT2D eigenvalue weighted by atomic mass is 9.96. The number of carbonyl (C=O) groups is 1. The lowest BCUT2D eigenvalue weighted by molar-refractivity contribution is -0.150. The molecule has 0 aliphatic carbocycles. The molecular formula is C14H26O3. The fourth-order valence-corrected chi connectivity index (χ4v) is 1.14. The fraction of sp³-hybridized carbons (Fsp3) is 0.786. The predicted molar refractivity (Wildman–Crippen MR) is 69.7 cm³/mol. The third kappa shape index (κ3) is 7.97. The van der Waals surface area contributed by atoms with E-state index < -0.39 is 0 Å². The lowest BCUT2D eigenvalue weighted by Crippen LogP contribution is -2.27. The molecular weight excluding hydrogens is 216 g/mol. The number of esters is 1. The summed E-state index contributed by atoms with van der Waals surface area (Å²) >= 11 is 0. The molecule has 0 amide bonds. The Labute approximate surface area is 105 Å². The number of carbonyl (C=O) groups excluding carboxylic acids is 1. The predicted octanol–water partition coefficient (Wildman–Crippen LogP) is 2.93. The van der Waals surface area contributed by atoms with Crippen molar-refractivity contribution < 1.29 is 14.6 Å². The highest BCUT2D eigenvalue weighted by atomic mass is 16.5. The average molecular weight is 242 g/mol. The van der Waals surface area contributed by atoms with Crippen molar-refractivity contribution in [2.24, 2.45) is 11.3 Å². The van der Waals surface area contributed by atoms with Crippen LogP contribution in [0, 0.1) is 11.3 Å². The molecule has 1 N–H and O–H groups in total. The molecule has 1 atom stereocenters. The van der Waals surface area contributed by atoms with Gasteiger partial charge in [-0.1, -0.05) is 45.8 Å². The van der Waals surface area contributed by atoms with E-state index in [1.165, 1.54) is 0 Å². The van der Waals surface area contributed by atoms with Crippen LogP contribution in [0.25, 0.3) is 0 Å². The van der Waals surface area contributed by atoms with Gasteiger partial charge in [-0.15, -0.1) is 0 Å². The molecule has 100 valence electrons. The molecule has 0 heterocycles. The highest BCUT2D eigenvalue weighted by molar-refractivity contribution is 5.73. The largest absolute Gasteiger partial charge is 0.465 e. The van der Waals surface area contributed by atoms with Crippen LogP contribution in [0.1, 0.15) is 47.0 Å². The van der Waals surface area contributed by atoms with Gasteiger partial charge in [-0.05, 0) is 13.3 Å². The Bertz CT molecular complexity index is 244. The normalized spacial score (nSPS) is 13.9. The zero-order valence-corrected chi connectivity index (χ0v) is 11.5. The summed E-state index contributed by atoms with van der Waals surface area (Å²) in [5.41, 5.74) is -0.360. The number of allylic oxidation sites excluding steroid dienone is 1. The number of hydrogen-bond acceptors (Lipinski definition) is 3. The third-order valence-electron chi connectivity index (χ3n) is 2.55. The summed E-state index contributed by atoms with van der Waals surface area (Å²) in [5, 5.41) is 9.04. The highest BCUT2D eigenvalue weighted by Crippen LogP contribution is 2.15. The second kappa shape index (κ2) is 8.29. The van der Waals surface area contributed by atoms with Gasteiger partial charge in [0, 0.05) is 5.41 Å². The maximum atomic E-state index is 11.6. The van der Waals surface area contributed by atoms with Crippen molar-refractivity contribution in [1.29, 1.82) is 0 Å². The second-order valence-electron chi connectivity index (χ2n) is 5.29. The van der Waals surface area contributed by atoms with Gasteiger partial charge in [-0.3, -0.25) is 4.79 Å². The number of aliphatic hydroxyl groups excluding tert-OH is 1. The molecule has 0 bridgehead atoms. The van der Waals surface area contributed by atoms with Crippen molar-refractivity contribution >= 4 is 5.97 Å². The molecule has 0 fully saturated rings. The highest BCUT2D eigenvalue weighted by Gasteiger charge is 2.20. The Balaban J connectivity index is 3.93. The van der Waals surface area contributed by atoms with Crippen LogP contribution in [-0.4, -0.2) is 24.3 Å². The topological polar surface area (TPSA) is 46.5 Å². The molecule has 3 heteroatoms. The van der Waals surface area contributed by atoms with E-state index in [2.05, 4.69) is 6.92 Å². The van der Waals surface area contributed by atoms with Crippen molar-refractivity contribution in [2.45, 2.75) is 47.0 Å². The molecule has 0 aliphatic rings. The van der Waals surface area contributed by atoms with Crippen LogP contribution in [0.3, 0.4) is 0 Å². The molecule has 17 heavy (non-hydrogen) atoms. The Morgan fingerprint density at radius 1 is 1.47 bits per heavy atom. The minimum atomic E-state index is -0.360. The van der Waals surface area contributed by atoms with Crippen LogP contribution in [0.5, 0.6) is 0 Å². The van der Waals surface area contributed by atoms with Crippen LogP contribution < -0.4 is 0 Å². The maximum Gasteiger partial charge on any atom is 0.312 e. The molecule has 0 saturated carbocycles. The average Bonchev–Trinajstić information content (AvgIpc) is 2.31. The quantitative estimate of drug-likeness (QED) is 0.404. The molecule has 0 rings (SSSR count).